The Hall–Kier alpha value is -1.05. The van der Waals surface area contributed by atoms with Crippen molar-refractivity contribution in [1.29, 1.82) is 0 Å². The number of rotatable bonds is 3. The van der Waals surface area contributed by atoms with E-state index in [0.717, 1.165) is 0 Å². The first-order valence-corrected chi connectivity index (χ1v) is 3.32. The van der Waals surface area contributed by atoms with E-state index in [4.69, 9.17) is 0 Å². The first-order chi connectivity index (χ1) is 4.70. The van der Waals surface area contributed by atoms with E-state index >= 15 is 0 Å². The van der Waals surface area contributed by atoms with Crippen molar-refractivity contribution in [3.63, 3.8) is 0 Å². The molecule has 0 unspecified atom stereocenters. The van der Waals surface area contributed by atoms with Gasteiger partial charge in [-0.05, 0) is 13.0 Å². The second-order valence-corrected chi connectivity index (χ2v) is 1.93. The predicted molar refractivity (Wildman–Crippen MR) is 42.4 cm³/mol. The van der Waals surface area contributed by atoms with E-state index in [9.17, 15) is 4.79 Å². The summed E-state index contributed by atoms with van der Waals surface area (Å²) in [6.45, 7) is 7.30. The highest BCUT2D eigenvalue weighted by Crippen LogP contribution is 1.87. The molecule has 0 aromatic carbocycles. The Morgan fingerprint density at radius 3 is 2.70 bits per heavy atom. The van der Waals surface area contributed by atoms with Gasteiger partial charge in [-0.2, -0.15) is 0 Å². The zero-order valence-corrected chi connectivity index (χ0v) is 6.48. The minimum Gasteiger partial charge on any atom is -0.327 e. The molecule has 2 nitrogen and oxygen atoms in total. The summed E-state index contributed by atoms with van der Waals surface area (Å²) in [4.78, 5) is 10.7. The Labute approximate surface area is 61.6 Å². The summed E-state index contributed by atoms with van der Waals surface area (Å²) in [5.74, 6) is 0.00287. The van der Waals surface area contributed by atoms with Crippen molar-refractivity contribution in [3.05, 3.63) is 24.4 Å². The summed E-state index contributed by atoms with van der Waals surface area (Å²) >= 11 is 0. The fourth-order valence-electron chi connectivity index (χ4n) is 0.510. The molecule has 10 heavy (non-hydrogen) atoms. The molecule has 0 aliphatic carbocycles. The normalized spacial score (nSPS) is 9.80. The molecule has 0 radical (unpaired) electrons. The fourth-order valence-corrected chi connectivity index (χ4v) is 0.510. The molecule has 0 saturated carbocycles. The Bertz CT molecular complexity index is 159. The summed E-state index contributed by atoms with van der Waals surface area (Å²) in [5.41, 5.74) is 0.648. The topological polar surface area (TPSA) is 29.1 Å². The van der Waals surface area contributed by atoms with Gasteiger partial charge in [-0.3, -0.25) is 4.79 Å². The van der Waals surface area contributed by atoms with Crippen LogP contribution < -0.4 is 5.32 Å². The molecule has 0 spiro atoms. The van der Waals surface area contributed by atoms with Crippen molar-refractivity contribution in [3.8, 4) is 0 Å². The number of nitrogens with one attached hydrogen (secondary N) is 1. The molecule has 0 atom stereocenters. The molecule has 1 amide bonds. The highest BCUT2D eigenvalue weighted by Gasteiger charge is 1.94. The average molecular weight is 139 g/mol. The van der Waals surface area contributed by atoms with Gasteiger partial charge in [0.1, 0.15) is 0 Å². The number of amides is 1. The molecule has 0 aliphatic heterocycles. The maximum atomic E-state index is 10.7. The molecular formula is C8H13NO. The largest absolute Gasteiger partial charge is 0.327 e. The van der Waals surface area contributed by atoms with Crippen LogP contribution in [0.2, 0.25) is 0 Å². The van der Waals surface area contributed by atoms with Gasteiger partial charge in [0.15, 0.2) is 0 Å². The molecule has 0 heterocycles. The number of carbonyl (C=O) groups excluding carboxylic acids is 1. The third kappa shape index (κ3) is 3.89. The standard InChI is InChI=1S/C8H13NO/c1-4-6-7(3)9-8(10)5-2/h4,6H,3,5H2,1-2H3,(H,9,10)/b6-4-. The van der Waals surface area contributed by atoms with Crippen molar-refractivity contribution in [2.75, 3.05) is 0 Å². The van der Waals surface area contributed by atoms with Gasteiger partial charge in [0, 0.05) is 12.1 Å². The molecule has 0 aromatic rings. The number of hydrogen-bond donors (Lipinski definition) is 1. The van der Waals surface area contributed by atoms with Gasteiger partial charge in [-0.15, -0.1) is 0 Å². The van der Waals surface area contributed by atoms with Gasteiger partial charge in [0.25, 0.3) is 0 Å². The van der Waals surface area contributed by atoms with Gasteiger partial charge in [0.2, 0.25) is 5.91 Å². The van der Waals surface area contributed by atoms with Crippen molar-refractivity contribution in [1.82, 2.24) is 5.32 Å². The Morgan fingerprint density at radius 1 is 1.70 bits per heavy atom. The van der Waals surface area contributed by atoms with Crippen LogP contribution in [0.4, 0.5) is 0 Å². The van der Waals surface area contributed by atoms with E-state index in [1.165, 1.54) is 0 Å². The number of carbonyl (C=O) groups is 1. The van der Waals surface area contributed by atoms with Crippen LogP contribution in [0.15, 0.2) is 24.4 Å². The SMILES string of the molecule is C=C(/C=C\C)NC(=O)CC. The minimum absolute atomic E-state index is 0.00287. The van der Waals surface area contributed by atoms with Crippen molar-refractivity contribution >= 4 is 5.91 Å². The monoisotopic (exact) mass is 139 g/mol. The van der Waals surface area contributed by atoms with E-state index in [2.05, 4.69) is 11.9 Å². The first-order valence-electron chi connectivity index (χ1n) is 3.32. The quantitative estimate of drug-likeness (QED) is 0.591. The van der Waals surface area contributed by atoms with Crippen LogP contribution in [0, 0.1) is 0 Å². The van der Waals surface area contributed by atoms with Crippen LogP contribution in [0.25, 0.3) is 0 Å². The summed E-state index contributed by atoms with van der Waals surface area (Å²) in [6.07, 6.45) is 4.09. The predicted octanol–water partition coefficient (Wildman–Crippen LogP) is 1.60. The van der Waals surface area contributed by atoms with Crippen LogP contribution in [-0.2, 0) is 4.79 Å². The van der Waals surface area contributed by atoms with Gasteiger partial charge >= 0.3 is 0 Å². The lowest BCUT2D eigenvalue weighted by Crippen LogP contribution is -2.19. The molecule has 0 bridgehead atoms. The Kier molecular flexibility index (Phi) is 4.29. The van der Waals surface area contributed by atoms with Gasteiger partial charge < -0.3 is 5.32 Å². The summed E-state index contributed by atoms with van der Waals surface area (Å²) in [6, 6.07) is 0. The second kappa shape index (κ2) is 4.79. The fraction of sp³-hybridized carbons (Fsp3) is 0.375. The smallest absolute Gasteiger partial charge is 0.224 e. The lowest BCUT2D eigenvalue weighted by atomic mass is 10.4. The number of allylic oxidation sites excluding steroid dienone is 2. The van der Waals surface area contributed by atoms with Crippen molar-refractivity contribution in [2.24, 2.45) is 0 Å². The average Bonchev–Trinajstić information content (AvgIpc) is 1.88. The Morgan fingerprint density at radius 2 is 2.30 bits per heavy atom. The van der Waals surface area contributed by atoms with Crippen LogP contribution in [0.3, 0.4) is 0 Å². The zero-order chi connectivity index (χ0) is 7.98. The van der Waals surface area contributed by atoms with Gasteiger partial charge in [0.05, 0.1) is 0 Å². The van der Waals surface area contributed by atoms with E-state index < -0.39 is 0 Å². The lowest BCUT2D eigenvalue weighted by Gasteiger charge is -1.99. The molecule has 56 valence electrons. The minimum atomic E-state index is 0.00287. The van der Waals surface area contributed by atoms with Crippen molar-refractivity contribution < 1.29 is 4.79 Å². The Balaban J connectivity index is 3.68. The van der Waals surface area contributed by atoms with Crippen molar-refractivity contribution in [2.45, 2.75) is 20.3 Å². The molecule has 0 aromatic heterocycles. The van der Waals surface area contributed by atoms with E-state index in [0.29, 0.717) is 12.1 Å². The number of hydrogen-bond acceptors (Lipinski definition) is 1. The third-order valence-corrected chi connectivity index (χ3v) is 0.989. The third-order valence-electron chi connectivity index (χ3n) is 0.989. The summed E-state index contributed by atoms with van der Waals surface area (Å²) in [5, 5.41) is 2.61. The molecule has 0 aliphatic rings. The van der Waals surface area contributed by atoms with Crippen LogP contribution in [0.1, 0.15) is 20.3 Å². The maximum absolute atomic E-state index is 10.7. The molecule has 2 heteroatoms. The molecule has 1 N–H and O–H groups in total. The van der Waals surface area contributed by atoms with Crippen LogP contribution in [-0.4, -0.2) is 5.91 Å². The van der Waals surface area contributed by atoms with E-state index in [1.54, 1.807) is 13.0 Å². The highest BCUT2D eigenvalue weighted by atomic mass is 16.1. The van der Waals surface area contributed by atoms with Crippen LogP contribution >= 0.6 is 0 Å². The molecule has 0 saturated heterocycles. The molecular weight excluding hydrogens is 126 g/mol. The summed E-state index contributed by atoms with van der Waals surface area (Å²) in [7, 11) is 0. The molecule has 0 fully saturated rings. The zero-order valence-electron chi connectivity index (χ0n) is 6.48. The van der Waals surface area contributed by atoms with E-state index in [-0.39, 0.29) is 5.91 Å². The molecule has 0 rings (SSSR count). The highest BCUT2D eigenvalue weighted by molar-refractivity contribution is 5.77. The second-order valence-electron chi connectivity index (χ2n) is 1.93. The van der Waals surface area contributed by atoms with Gasteiger partial charge in [-0.25, -0.2) is 0 Å². The maximum Gasteiger partial charge on any atom is 0.224 e. The first kappa shape index (κ1) is 8.95. The van der Waals surface area contributed by atoms with Gasteiger partial charge in [-0.1, -0.05) is 19.6 Å². The van der Waals surface area contributed by atoms with E-state index in [1.807, 2.05) is 13.0 Å². The summed E-state index contributed by atoms with van der Waals surface area (Å²) < 4.78 is 0. The lowest BCUT2D eigenvalue weighted by molar-refractivity contribution is -0.119. The van der Waals surface area contributed by atoms with Crippen LogP contribution in [0.5, 0.6) is 0 Å².